The predicted octanol–water partition coefficient (Wildman–Crippen LogP) is 1.99. The highest BCUT2D eigenvalue weighted by atomic mass is 28.4. The first-order chi connectivity index (χ1) is 6.23. The Morgan fingerprint density at radius 3 is 2.69 bits per heavy atom. The van der Waals surface area contributed by atoms with Crippen LogP contribution in [0.15, 0.2) is 36.5 Å². The van der Waals surface area contributed by atoms with Crippen LogP contribution in [-0.4, -0.2) is 13.1 Å². The Morgan fingerprint density at radius 1 is 1.31 bits per heavy atom. The minimum absolute atomic E-state index is 0.854. The summed E-state index contributed by atoms with van der Waals surface area (Å²) in [6.45, 7) is 3.74. The van der Waals surface area contributed by atoms with Crippen molar-refractivity contribution in [3.05, 3.63) is 47.7 Å². The van der Waals surface area contributed by atoms with Crippen LogP contribution in [0, 0.1) is 0 Å². The van der Waals surface area contributed by atoms with Gasteiger partial charge in [-0.05, 0) is 29.6 Å². The molecule has 2 heteroatoms. The number of hydrogen-bond donors (Lipinski definition) is 1. The molecule has 1 aromatic carbocycles. The van der Waals surface area contributed by atoms with E-state index in [2.05, 4.69) is 24.8 Å². The van der Waals surface area contributed by atoms with Crippen LogP contribution in [0.1, 0.15) is 11.1 Å². The third-order valence-electron chi connectivity index (χ3n) is 2.82. The molecule has 0 saturated heterocycles. The van der Waals surface area contributed by atoms with Gasteiger partial charge < -0.3 is 4.80 Å². The van der Waals surface area contributed by atoms with Crippen molar-refractivity contribution in [1.29, 1.82) is 0 Å². The third-order valence-corrected chi connectivity index (χ3v) is 5.69. The molecule has 0 aliphatic carbocycles. The normalized spacial score (nSPS) is 26.5. The molecule has 1 aliphatic rings. The average molecular weight is 190 g/mol. The summed E-state index contributed by atoms with van der Waals surface area (Å²) in [6, 6.07) is 10.2. The van der Waals surface area contributed by atoms with E-state index >= 15 is 0 Å². The topological polar surface area (TPSA) is 20.2 Å². The lowest BCUT2D eigenvalue weighted by Crippen LogP contribution is -2.39. The van der Waals surface area contributed by atoms with Crippen molar-refractivity contribution >= 4 is 8.32 Å². The molecule has 2 rings (SSSR count). The van der Waals surface area contributed by atoms with Crippen molar-refractivity contribution in [2.24, 2.45) is 0 Å². The third kappa shape index (κ3) is 1.60. The van der Waals surface area contributed by atoms with Crippen molar-refractivity contribution in [3.63, 3.8) is 0 Å². The van der Waals surface area contributed by atoms with Gasteiger partial charge >= 0.3 is 0 Å². The highest BCUT2D eigenvalue weighted by Gasteiger charge is 2.31. The van der Waals surface area contributed by atoms with E-state index < -0.39 is 8.32 Å². The first kappa shape index (κ1) is 8.72. The van der Waals surface area contributed by atoms with Crippen LogP contribution in [-0.2, 0) is 12.5 Å². The van der Waals surface area contributed by atoms with Gasteiger partial charge in [0.25, 0.3) is 0 Å². The van der Waals surface area contributed by atoms with Crippen molar-refractivity contribution in [3.8, 4) is 0 Å². The van der Waals surface area contributed by atoms with Crippen LogP contribution in [0.3, 0.4) is 0 Å². The quantitative estimate of drug-likeness (QED) is 0.671. The molecule has 1 aliphatic heterocycles. The van der Waals surface area contributed by atoms with Crippen LogP contribution < -0.4 is 0 Å². The molecular formula is C11H14OSi. The Morgan fingerprint density at radius 2 is 2.00 bits per heavy atom. The molecule has 0 spiro atoms. The molecule has 0 fully saturated rings. The zero-order valence-electron chi connectivity index (χ0n) is 7.66. The molecule has 0 amide bonds. The van der Waals surface area contributed by atoms with E-state index in [1.807, 2.05) is 11.8 Å². The summed E-state index contributed by atoms with van der Waals surface area (Å²) in [6.07, 6.45) is 1.02. The Balaban J connectivity index is 2.34. The Bertz CT molecular complexity index is 335. The maximum Gasteiger partial charge on any atom is 0.217 e. The fraction of sp³-hybridized carbons (Fsp3) is 0.273. The summed E-state index contributed by atoms with van der Waals surface area (Å²) < 4.78 is 0. The smallest absolute Gasteiger partial charge is 0.217 e. The zero-order valence-corrected chi connectivity index (χ0v) is 8.66. The SMILES string of the molecule is C=C[Si]1(O)CCc2ccccc2C1. The van der Waals surface area contributed by atoms with E-state index in [4.69, 9.17) is 0 Å². The molecule has 0 radical (unpaired) electrons. The van der Waals surface area contributed by atoms with Gasteiger partial charge in [0.1, 0.15) is 0 Å². The maximum atomic E-state index is 10.1. The van der Waals surface area contributed by atoms with Gasteiger partial charge in [-0.2, -0.15) is 0 Å². The number of benzene rings is 1. The average Bonchev–Trinajstić information content (AvgIpc) is 2.18. The molecule has 0 bridgehead atoms. The number of rotatable bonds is 1. The van der Waals surface area contributed by atoms with Crippen LogP contribution in [0.25, 0.3) is 0 Å². The molecule has 13 heavy (non-hydrogen) atoms. The summed E-state index contributed by atoms with van der Waals surface area (Å²) in [5.74, 6) is 0. The highest BCUT2D eigenvalue weighted by molar-refractivity contribution is 6.77. The molecule has 1 atom stereocenters. The second kappa shape index (κ2) is 3.12. The minimum atomic E-state index is -2.10. The number of fused-ring (bicyclic) bond motifs is 1. The Labute approximate surface area is 79.9 Å². The van der Waals surface area contributed by atoms with Crippen LogP contribution in [0.4, 0.5) is 0 Å². The second-order valence-corrected chi connectivity index (χ2v) is 7.22. The zero-order chi connectivity index (χ0) is 9.31. The first-order valence-corrected chi connectivity index (χ1v) is 7.10. The first-order valence-electron chi connectivity index (χ1n) is 4.66. The fourth-order valence-electron chi connectivity index (χ4n) is 1.92. The van der Waals surface area contributed by atoms with Gasteiger partial charge in [-0.15, -0.1) is 6.58 Å². The molecule has 0 saturated carbocycles. The van der Waals surface area contributed by atoms with Crippen LogP contribution in [0.5, 0.6) is 0 Å². The van der Waals surface area contributed by atoms with Crippen molar-refractivity contribution in [2.45, 2.75) is 18.5 Å². The van der Waals surface area contributed by atoms with E-state index in [0.717, 1.165) is 18.5 Å². The second-order valence-electron chi connectivity index (χ2n) is 3.75. The molecule has 1 N–H and O–H groups in total. The van der Waals surface area contributed by atoms with Gasteiger partial charge in [-0.1, -0.05) is 30.0 Å². The number of hydrogen-bond acceptors (Lipinski definition) is 1. The van der Waals surface area contributed by atoms with E-state index in [-0.39, 0.29) is 0 Å². The van der Waals surface area contributed by atoms with E-state index in [0.29, 0.717) is 0 Å². The monoisotopic (exact) mass is 190 g/mol. The Hall–Kier alpha value is -0.863. The van der Waals surface area contributed by atoms with Gasteiger partial charge in [0.05, 0.1) is 0 Å². The lowest BCUT2D eigenvalue weighted by atomic mass is 10.1. The molecule has 1 heterocycles. The lowest BCUT2D eigenvalue weighted by molar-refractivity contribution is 0.537. The lowest BCUT2D eigenvalue weighted by Gasteiger charge is -2.27. The summed E-state index contributed by atoms with van der Waals surface area (Å²) in [7, 11) is -2.10. The van der Waals surface area contributed by atoms with Gasteiger partial charge in [-0.3, -0.25) is 0 Å². The van der Waals surface area contributed by atoms with Crippen molar-refractivity contribution < 1.29 is 4.80 Å². The van der Waals surface area contributed by atoms with Gasteiger partial charge in [-0.25, -0.2) is 0 Å². The number of aryl methyl sites for hydroxylation is 1. The summed E-state index contributed by atoms with van der Waals surface area (Å²) in [5, 5.41) is 0. The van der Waals surface area contributed by atoms with Crippen molar-refractivity contribution in [2.75, 3.05) is 0 Å². The maximum absolute atomic E-state index is 10.1. The predicted molar refractivity (Wildman–Crippen MR) is 56.8 cm³/mol. The molecule has 0 aromatic heterocycles. The molecule has 1 unspecified atom stereocenters. The van der Waals surface area contributed by atoms with Gasteiger partial charge in [0.15, 0.2) is 0 Å². The van der Waals surface area contributed by atoms with E-state index in [1.165, 1.54) is 11.1 Å². The van der Waals surface area contributed by atoms with Gasteiger partial charge in [0, 0.05) is 0 Å². The van der Waals surface area contributed by atoms with E-state index in [1.54, 1.807) is 0 Å². The van der Waals surface area contributed by atoms with Crippen molar-refractivity contribution in [1.82, 2.24) is 0 Å². The largest absolute Gasteiger partial charge is 0.428 e. The summed E-state index contributed by atoms with van der Waals surface area (Å²) in [5.41, 5.74) is 4.53. The molecule has 68 valence electrons. The summed E-state index contributed by atoms with van der Waals surface area (Å²) in [4.78, 5) is 10.1. The fourth-order valence-corrected chi connectivity index (χ4v) is 4.15. The molecule has 1 nitrogen and oxygen atoms in total. The van der Waals surface area contributed by atoms with E-state index in [9.17, 15) is 4.80 Å². The Kier molecular flexibility index (Phi) is 2.10. The minimum Gasteiger partial charge on any atom is -0.428 e. The van der Waals surface area contributed by atoms with Gasteiger partial charge in [0.2, 0.25) is 8.32 Å². The highest BCUT2D eigenvalue weighted by Crippen LogP contribution is 2.26. The summed E-state index contributed by atoms with van der Waals surface area (Å²) >= 11 is 0. The van der Waals surface area contributed by atoms with Crippen LogP contribution in [0.2, 0.25) is 6.04 Å². The van der Waals surface area contributed by atoms with Crippen LogP contribution >= 0.6 is 0 Å². The standard InChI is InChI=1S/C11H14OSi/c1-2-13(12)8-7-10-5-3-4-6-11(10)9-13/h2-6,12H,1,7-9H2. The molecular weight excluding hydrogens is 176 g/mol. The molecule has 1 aromatic rings.